The van der Waals surface area contributed by atoms with Crippen molar-refractivity contribution in [2.45, 2.75) is 26.3 Å². The molecule has 6 nitrogen and oxygen atoms in total. The Morgan fingerprint density at radius 2 is 2.24 bits per heavy atom. The second-order valence-electron chi connectivity index (χ2n) is 5.62. The van der Waals surface area contributed by atoms with Crippen LogP contribution in [0.3, 0.4) is 0 Å². The smallest absolute Gasteiger partial charge is 0.226 e. The van der Waals surface area contributed by atoms with E-state index in [1.165, 1.54) is 6.20 Å². The Hall–Kier alpha value is -3.15. The summed E-state index contributed by atoms with van der Waals surface area (Å²) in [4.78, 5) is 20.0. The predicted octanol–water partition coefficient (Wildman–Crippen LogP) is 3.32. The van der Waals surface area contributed by atoms with Crippen LogP contribution in [-0.4, -0.2) is 24.9 Å². The fourth-order valence-electron chi connectivity index (χ4n) is 2.52. The third-order valence-corrected chi connectivity index (χ3v) is 3.71. The van der Waals surface area contributed by atoms with Crippen LogP contribution >= 0.6 is 0 Å². The van der Waals surface area contributed by atoms with Crippen LogP contribution in [0.15, 0.2) is 58.4 Å². The Balaban J connectivity index is 2.40. The first-order valence-corrected chi connectivity index (χ1v) is 8.03. The summed E-state index contributed by atoms with van der Waals surface area (Å²) in [6.07, 6.45) is 8.79. The van der Waals surface area contributed by atoms with Crippen LogP contribution in [0, 0.1) is 0 Å². The number of benzene rings is 1. The van der Waals surface area contributed by atoms with Crippen LogP contribution in [0.25, 0.3) is 5.57 Å². The van der Waals surface area contributed by atoms with Gasteiger partial charge in [-0.3, -0.25) is 14.8 Å². The van der Waals surface area contributed by atoms with Crippen molar-refractivity contribution in [2.24, 2.45) is 15.7 Å². The first-order chi connectivity index (χ1) is 12.1. The van der Waals surface area contributed by atoms with Gasteiger partial charge in [-0.25, -0.2) is 0 Å². The van der Waals surface area contributed by atoms with Crippen LogP contribution in [0.2, 0.25) is 0 Å². The van der Waals surface area contributed by atoms with Gasteiger partial charge >= 0.3 is 0 Å². The maximum absolute atomic E-state index is 11.9. The summed E-state index contributed by atoms with van der Waals surface area (Å²) in [6, 6.07) is 5.70. The number of hydrogen-bond acceptors (Lipinski definition) is 5. The Labute approximate surface area is 147 Å². The molecule has 1 heterocycles. The number of nitrogens with one attached hydrogen (secondary N) is 2. The van der Waals surface area contributed by atoms with Crippen molar-refractivity contribution in [3.63, 3.8) is 0 Å². The maximum atomic E-state index is 11.9. The second-order valence-corrected chi connectivity index (χ2v) is 5.62. The quantitative estimate of drug-likeness (QED) is 0.568. The fourth-order valence-corrected chi connectivity index (χ4v) is 2.52. The number of nitrogens with zero attached hydrogens (tertiary/aromatic N) is 2. The standard InChI is InChI=1S/C19H23N5O/c1-4-15(8-9-21-3)22-12-14(11-20)16-6-5-7-17-19(16)23-13(2)10-18(25)24-17/h4-9,11-13,23H,3,10,20H2,1-2H3,(H,24,25)/b9-8-,14-11?,15-4+,22-12?/t13-/m1/s1. The van der Waals surface area contributed by atoms with E-state index >= 15 is 0 Å². The SMILES string of the molecule is C=N/C=C\C(=C/C)N=CC(=CN)c1cccc2c1N[C@H](C)CC(=O)N2. The Kier molecular flexibility index (Phi) is 6.28. The molecule has 0 saturated heterocycles. The molecule has 0 fully saturated rings. The average Bonchev–Trinajstić information content (AvgIpc) is 2.74. The lowest BCUT2D eigenvalue weighted by Crippen LogP contribution is -2.19. The molecule has 1 aromatic carbocycles. The van der Waals surface area contributed by atoms with E-state index in [0.717, 1.165) is 28.2 Å². The molecule has 0 aliphatic carbocycles. The molecule has 0 spiro atoms. The number of allylic oxidation sites excluding steroid dienone is 3. The number of nitrogens with two attached hydrogens (primary N) is 1. The van der Waals surface area contributed by atoms with E-state index in [9.17, 15) is 4.79 Å². The minimum absolute atomic E-state index is 0.0129. The summed E-state index contributed by atoms with van der Waals surface area (Å²) in [6.45, 7) is 7.26. The van der Waals surface area contributed by atoms with E-state index in [2.05, 4.69) is 27.3 Å². The van der Waals surface area contributed by atoms with E-state index in [0.29, 0.717) is 6.42 Å². The van der Waals surface area contributed by atoms with Gasteiger partial charge in [0.25, 0.3) is 0 Å². The Bertz CT molecular complexity index is 774. The summed E-state index contributed by atoms with van der Waals surface area (Å²) in [5.41, 5.74) is 9.77. The number of anilines is 2. The molecule has 1 aliphatic rings. The molecular weight excluding hydrogens is 314 g/mol. The second kappa shape index (κ2) is 8.63. The molecule has 2 rings (SSSR count). The highest BCUT2D eigenvalue weighted by molar-refractivity contribution is 6.14. The topological polar surface area (TPSA) is 91.9 Å². The molecule has 4 N–H and O–H groups in total. The zero-order chi connectivity index (χ0) is 18.2. The third kappa shape index (κ3) is 4.67. The lowest BCUT2D eigenvalue weighted by atomic mass is 10.0. The highest BCUT2D eigenvalue weighted by atomic mass is 16.1. The first kappa shape index (κ1) is 18.2. The number of rotatable bonds is 5. The molecule has 6 heteroatoms. The molecule has 0 aromatic heterocycles. The number of hydrogen-bond donors (Lipinski definition) is 3. The van der Waals surface area contributed by atoms with Gasteiger partial charge in [0.1, 0.15) is 0 Å². The Morgan fingerprint density at radius 3 is 2.92 bits per heavy atom. The number of amides is 1. The molecule has 0 bridgehead atoms. The van der Waals surface area contributed by atoms with E-state index in [-0.39, 0.29) is 11.9 Å². The van der Waals surface area contributed by atoms with Gasteiger partial charge in [-0.05, 0) is 32.7 Å². The third-order valence-electron chi connectivity index (χ3n) is 3.71. The maximum Gasteiger partial charge on any atom is 0.226 e. The largest absolute Gasteiger partial charge is 0.404 e. The lowest BCUT2D eigenvalue weighted by Gasteiger charge is -2.16. The van der Waals surface area contributed by atoms with Crippen molar-refractivity contribution in [3.05, 3.63) is 54.0 Å². The van der Waals surface area contributed by atoms with Crippen LogP contribution in [0.1, 0.15) is 25.8 Å². The van der Waals surface area contributed by atoms with Gasteiger partial charge in [-0.1, -0.05) is 18.2 Å². The number of para-hydroxylation sites is 1. The average molecular weight is 337 g/mol. The van der Waals surface area contributed by atoms with Gasteiger partial charge in [0.05, 0.1) is 17.1 Å². The zero-order valence-electron chi connectivity index (χ0n) is 14.5. The highest BCUT2D eigenvalue weighted by Gasteiger charge is 2.20. The van der Waals surface area contributed by atoms with Crippen molar-refractivity contribution in [2.75, 3.05) is 10.6 Å². The number of fused-ring (bicyclic) bond motifs is 1. The first-order valence-electron chi connectivity index (χ1n) is 8.03. The summed E-state index contributed by atoms with van der Waals surface area (Å²) < 4.78 is 0. The summed E-state index contributed by atoms with van der Waals surface area (Å²) in [5, 5.41) is 6.30. The van der Waals surface area contributed by atoms with Gasteiger partial charge in [0, 0.05) is 42.2 Å². The molecule has 1 amide bonds. The normalized spacial score (nSPS) is 18.6. The van der Waals surface area contributed by atoms with Crippen LogP contribution < -0.4 is 16.4 Å². The molecular formula is C19H23N5O. The zero-order valence-corrected chi connectivity index (χ0v) is 14.5. The van der Waals surface area contributed by atoms with E-state index < -0.39 is 0 Å². The predicted molar refractivity (Wildman–Crippen MR) is 106 cm³/mol. The van der Waals surface area contributed by atoms with Gasteiger partial charge in [0.15, 0.2) is 0 Å². The fraction of sp³-hybridized carbons (Fsp3) is 0.211. The molecule has 0 radical (unpaired) electrons. The minimum atomic E-state index is -0.0129. The van der Waals surface area contributed by atoms with Crippen molar-refractivity contribution in [3.8, 4) is 0 Å². The van der Waals surface area contributed by atoms with Crippen LogP contribution in [0.4, 0.5) is 11.4 Å². The molecule has 0 unspecified atom stereocenters. The molecule has 1 aliphatic heterocycles. The Morgan fingerprint density at radius 1 is 1.44 bits per heavy atom. The molecule has 1 atom stereocenters. The van der Waals surface area contributed by atoms with Gasteiger partial charge in [0.2, 0.25) is 5.91 Å². The molecule has 25 heavy (non-hydrogen) atoms. The van der Waals surface area contributed by atoms with Crippen LogP contribution in [-0.2, 0) is 4.79 Å². The summed E-state index contributed by atoms with van der Waals surface area (Å²) >= 11 is 0. The minimum Gasteiger partial charge on any atom is -0.404 e. The van der Waals surface area contributed by atoms with E-state index in [1.807, 2.05) is 38.1 Å². The van der Waals surface area contributed by atoms with Crippen molar-refractivity contribution in [1.29, 1.82) is 0 Å². The number of carbonyl (C=O) groups excluding carboxylic acids is 1. The van der Waals surface area contributed by atoms with E-state index in [4.69, 9.17) is 5.73 Å². The molecule has 0 saturated carbocycles. The highest BCUT2D eigenvalue weighted by Crippen LogP contribution is 2.33. The summed E-state index contributed by atoms with van der Waals surface area (Å²) in [7, 11) is 0. The number of aliphatic imine (C=N–C) groups is 2. The van der Waals surface area contributed by atoms with Crippen molar-refractivity contribution in [1.82, 2.24) is 0 Å². The van der Waals surface area contributed by atoms with Gasteiger partial charge in [-0.15, -0.1) is 0 Å². The van der Waals surface area contributed by atoms with Crippen molar-refractivity contribution >= 4 is 35.8 Å². The van der Waals surface area contributed by atoms with E-state index in [1.54, 1.807) is 18.5 Å². The lowest BCUT2D eigenvalue weighted by molar-refractivity contribution is -0.116. The van der Waals surface area contributed by atoms with Crippen LogP contribution in [0.5, 0.6) is 0 Å². The van der Waals surface area contributed by atoms with Gasteiger partial charge < -0.3 is 16.4 Å². The number of carbonyl (C=O) groups is 1. The summed E-state index contributed by atoms with van der Waals surface area (Å²) in [5.74, 6) is -0.0129. The monoisotopic (exact) mass is 337 g/mol. The van der Waals surface area contributed by atoms with Crippen molar-refractivity contribution < 1.29 is 4.79 Å². The molecule has 130 valence electrons. The van der Waals surface area contributed by atoms with Gasteiger partial charge in [-0.2, -0.15) is 0 Å². The molecule has 1 aromatic rings.